The van der Waals surface area contributed by atoms with Crippen LogP contribution >= 0.6 is 0 Å². The van der Waals surface area contributed by atoms with Crippen LogP contribution in [-0.4, -0.2) is 22.3 Å². The van der Waals surface area contributed by atoms with Crippen molar-refractivity contribution in [3.63, 3.8) is 0 Å². The first-order valence-corrected chi connectivity index (χ1v) is 15.6. The number of benzene rings is 2. The van der Waals surface area contributed by atoms with Crippen LogP contribution in [0.4, 0.5) is 5.69 Å². The molecule has 0 heterocycles. The molecule has 1 unspecified atom stereocenters. The normalized spacial score (nSPS) is 14.1. The van der Waals surface area contributed by atoms with E-state index >= 15 is 0 Å². The number of hydrogen-bond donors (Lipinski definition) is 1. The summed E-state index contributed by atoms with van der Waals surface area (Å²) < 4.78 is 31.4. The monoisotopic (exact) mass is 484 g/mol. The first-order valence-electron chi connectivity index (χ1n) is 11.8. The number of allylic oxidation sites excluding steroid dienone is 1. The van der Waals surface area contributed by atoms with Crippen molar-refractivity contribution in [3.05, 3.63) is 72.8 Å². The van der Waals surface area contributed by atoms with Gasteiger partial charge in [0, 0.05) is 11.2 Å². The van der Waals surface area contributed by atoms with E-state index in [1.54, 1.807) is 12.1 Å². The molecule has 1 N–H and O–H groups in total. The summed E-state index contributed by atoms with van der Waals surface area (Å²) in [5.74, 6) is 0.532. The lowest BCUT2D eigenvalue weighted by Crippen LogP contribution is -2.52. The van der Waals surface area contributed by atoms with Crippen LogP contribution in [0.2, 0.25) is 22.2 Å². The van der Waals surface area contributed by atoms with Gasteiger partial charge in [-0.2, -0.15) is 8.42 Å². The van der Waals surface area contributed by atoms with E-state index in [0.29, 0.717) is 28.9 Å². The van der Waals surface area contributed by atoms with E-state index in [4.69, 9.17) is 0 Å². The van der Waals surface area contributed by atoms with Crippen LogP contribution in [0.15, 0.2) is 76.5 Å². The largest absolute Gasteiger partial charge is 0.343 e. The Morgan fingerprint density at radius 2 is 1.45 bits per heavy atom. The van der Waals surface area contributed by atoms with E-state index in [1.807, 2.05) is 55.5 Å². The van der Waals surface area contributed by atoms with Gasteiger partial charge in [0.2, 0.25) is 0 Å². The van der Waals surface area contributed by atoms with E-state index in [2.05, 4.69) is 57.8 Å². The molecule has 2 aromatic carbocycles. The Hall–Kier alpha value is -2.18. The molecule has 0 fully saturated rings. The second-order valence-electron chi connectivity index (χ2n) is 9.80. The van der Waals surface area contributed by atoms with Gasteiger partial charge in [0.1, 0.15) is 5.84 Å². The molecule has 0 radical (unpaired) electrons. The van der Waals surface area contributed by atoms with Crippen molar-refractivity contribution in [2.45, 2.75) is 81.9 Å². The molecule has 0 aromatic heterocycles. The molecule has 2 rings (SSSR count). The summed E-state index contributed by atoms with van der Waals surface area (Å²) in [5.41, 5.74) is 3.14. The van der Waals surface area contributed by atoms with Gasteiger partial charge in [-0.1, -0.05) is 83.5 Å². The molecule has 0 aliphatic rings. The van der Waals surface area contributed by atoms with Gasteiger partial charge >= 0.3 is 0 Å². The molecule has 0 aliphatic carbocycles. The van der Waals surface area contributed by atoms with Crippen LogP contribution in [0, 0.1) is 6.92 Å². The van der Waals surface area contributed by atoms with E-state index in [9.17, 15) is 8.42 Å². The Balaban J connectivity index is 2.78. The third-order valence-corrected chi connectivity index (χ3v) is 15.9. The van der Waals surface area contributed by atoms with Gasteiger partial charge in [0.25, 0.3) is 10.0 Å². The molecular formula is C27H40N2O2SSi. The van der Waals surface area contributed by atoms with Crippen molar-refractivity contribution in [1.29, 1.82) is 0 Å². The van der Waals surface area contributed by atoms with Crippen molar-refractivity contribution >= 4 is 29.6 Å². The number of nitrogens with zero attached hydrogens (tertiary/aromatic N) is 1. The minimum atomic E-state index is -3.88. The lowest BCUT2D eigenvalue weighted by Gasteiger charge is -2.49. The summed E-state index contributed by atoms with van der Waals surface area (Å²) in [6, 6.07) is 16.6. The number of para-hydroxylation sites is 1. The summed E-state index contributed by atoms with van der Waals surface area (Å²) in [6.07, 6.45) is 2.60. The zero-order valence-electron chi connectivity index (χ0n) is 21.2. The second kappa shape index (κ2) is 11.3. The summed E-state index contributed by atoms with van der Waals surface area (Å²) in [6.45, 7) is 19.7. The zero-order valence-corrected chi connectivity index (χ0v) is 23.0. The maximum absolute atomic E-state index is 13.5. The van der Waals surface area contributed by atoms with Crippen LogP contribution < -0.4 is 5.32 Å². The quantitative estimate of drug-likeness (QED) is 0.162. The first-order chi connectivity index (χ1) is 15.5. The average molecular weight is 485 g/mol. The van der Waals surface area contributed by atoms with Crippen molar-refractivity contribution in [3.8, 4) is 0 Å². The molecule has 0 spiro atoms. The third kappa shape index (κ3) is 6.04. The van der Waals surface area contributed by atoms with Gasteiger partial charge in [0.15, 0.2) is 0 Å². The van der Waals surface area contributed by atoms with Gasteiger partial charge in [-0.25, -0.2) is 0 Å². The van der Waals surface area contributed by atoms with Crippen LogP contribution in [0.25, 0.3) is 0 Å². The standard InChI is InChI=1S/C27H40N2O2SSi/c1-9-13-26(33(20(2)3,21(4)5)22(6)7)27(28-24-14-11-10-12-15-24)29-32(30,31)25-18-16-23(8)17-19-25/h9-12,14-22,26H,1,13H2,2-8H3,(H,28,29). The average Bonchev–Trinajstić information content (AvgIpc) is 2.73. The summed E-state index contributed by atoms with van der Waals surface area (Å²) in [5, 5.41) is 3.43. The van der Waals surface area contributed by atoms with Crippen LogP contribution in [0.3, 0.4) is 0 Å². The molecule has 180 valence electrons. The zero-order chi connectivity index (χ0) is 24.8. The van der Waals surface area contributed by atoms with Gasteiger partial charge in [0.05, 0.1) is 13.0 Å². The van der Waals surface area contributed by atoms with Gasteiger partial charge in [-0.3, -0.25) is 0 Å². The van der Waals surface area contributed by atoms with Crippen molar-refractivity contribution < 1.29 is 8.42 Å². The molecule has 1 atom stereocenters. The Morgan fingerprint density at radius 3 is 1.91 bits per heavy atom. The molecule has 33 heavy (non-hydrogen) atoms. The van der Waals surface area contributed by atoms with Gasteiger partial charge < -0.3 is 5.32 Å². The lowest BCUT2D eigenvalue weighted by molar-refractivity contribution is 0.597. The molecular weight excluding hydrogens is 444 g/mol. The number of anilines is 1. The fourth-order valence-corrected chi connectivity index (χ4v) is 14.4. The van der Waals surface area contributed by atoms with Crippen LogP contribution in [0.5, 0.6) is 0 Å². The summed E-state index contributed by atoms with van der Waals surface area (Å²) >= 11 is 0. The lowest BCUT2D eigenvalue weighted by atomic mass is 10.2. The topological polar surface area (TPSA) is 58.5 Å². The highest BCUT2D eigenvalue weighted by molar-refractivity contribution is 7.90. The van der Waals surface area contributed by atoms with E-state index in [0.717, 1.165) is 11.3 Å². The molecule has 0 amide bonds. The maximum atomic E-state index is 13.5. The summed E-state index contributed by atoms with van der Waals surface area (Å²) in [7, 11) is -6.02. The molecule has 6 heteroatoms. The van der Waals surface area contributed by atoms with E-state index in [1.165, 1.54) is 0 Å². The van der Waals surface area contributed by atoms with Crippen LogP contribution in [-0.2, 0) is 10.0 Å². The number of rotatable bonds is 10. The predicted molar refractivity (Wildman–Crippen MR) is 145 cm³/mol. The molecule has 0 aliphatic heterocycles. The Morgan fingerprint density at radius 1 is 0.939 bits per heavy atom. The minimum Gasteiger partial charge on any atom is -0.343 e. The SMILES string of the molecule is C=CCC(/C(=N/S(=O)(=O)c1ccc(C)cc1)Nc1ccccc1)[Si](C(C)C)(C(C)C)C(C)C. The molecule has 0 bridgehead atoms. The van der Waals surface area contributed by atoms with Crippen molar-refractivity contribution in [1.82, 2.24) is 0 Å². The first kappa shape index (κ1) is 27.1. The fourth-order valence-electron chi connectivity index (χ4n) is 5.66. The minimum absolute atomic E-state index is 0.0181. The van der Waals surface area contributed by atoms with Crippen molar-refractivity contribution in [2.75, 3.05) is 5.32 Å². The van der Waals surface area contributed by atoms with Crippen molar-refractivity contribution in [2.24, 2.45) is 4.40 Å². The predicted octanol–water partition coefficient (Wildman–Crippen LogP) is 7.82. The number of hydrogen-bond acceptors (Lipinski definition) is 2. The molecule has 0 saturated carbocycles. The highest BCUT2D eigenvalue weighted by atomic mass is 32.2. The Labute approximate surface area is 202 Å². The number of sulfonamides is 1. The van der Waals surface area contributed by atoms with E-state index in [-0.39, 0.29) is 10.4 Å². The molecule has 4 nitrogen and oxygen atoms in total. The Bertz CT molecular complexity index is 1020. The summed E-state index contributed by atoms with van der Waals surface area (Å²) in [4.78, 5) is 0.212. The molecule has 2 aromatic rings. The molecule has 0 saturated heterocycles. The fraction of sp³-hybridized carbons (Fsp3) is 0.444. The highest BCUT2D eigenvalue weighted by Crippen LogP contribution is 2.51. The third-order valence-electron chi connectivity index (χ3n) is 6.92. The van der Waals surface area contributed by atoms with Gasteiger partial charge in [-0.05, 0) is 54.2 Å². The van der Waals surface area contributed by atoms with Crippen LogP contribution in [0.1, 0.15) is 53.5 Å². The number of aryl methyl sites for hydroxylation is 1. The highest BCUT2D eigenvalue weighted by Gasteiger charge is 2.50. The maximum Gasteiger partial charge on any atom is 0.283 e. The van der Waals surface area contributed by atoms with E-state index < -0.39 is 18.1 Å². The number of nitrogens with one attached hydrogen (secondary N) is 1. The van der Waals surface area contributed by atoms with Gasteiger partial charge in [-0.15, -0.1) is 11.0 Å². The Kier molecular flexibility index (Phi) is 9.26. The second-order valence-corrected chi connectivity index (χ2v) is 17.6. The number of amidine groups is 1. The smallest absolute Gasteiger partial charge is 0.283 e.